The number of amides is 1. The van der Waals surface area contributed by atoms with E-state index in [0.717, 1.165) is 23.0 Å². The molecule has 0 radical (unpaired) electrons. The van der Waals surface area contributed by atoms with E-state index >= 15 is 0 Å². The number of methoxy groups -OCH3 is 1. The molecule has 0 fully saturated rings. The molecule has 110 valence electrons. The molecule has 6 heteroatoms. The van der Waals surface area contributed by atoms with Crippen molar-refractivity contribution in [2.45, 2.75) is 13.3 Å². The quantitative estimate of drug-likeness (QED) is 0.649. The van der Waals surface area contributed by atoms with E-state index < -0.39 is 0 Å². The number of aromatic nitrogens is 2. The molecule has 2 N–H and O–H groups in total. The molecule has 0 unspecified atom stereocenters. The Balaban J connectivity index is 2.10. The van der Waals surface area contributed by atoms with Gasteiger partial charge in [-0.25, -0.2) is 4.79 Å². The molecule has 0 bridgehead atoms. The van der Waals surface area contributed by atoms with Crippen molar-refractivity contribution >= 4 is 28.9 Å². The number of hydrogen-bond acceptors (Lipinski definition) is 4. The molecule has 0 aliphatic rings. The number of esters is 1. The number of benzene rings is 1. The monoisotopic (exact) mass is 287 g/mol. The van der Waals surface area contributed by atoms with Gasteiger partial charge in [0.2, 0.25) is 5.91 Å². The van der Waals surface area contributed by atoms with Crippen LogP contribution >= 0.6 is 0 Å². The van der Waals surface area contributed by atoms with Crippen LogP contribution in [-0.2, 0) is 9.53 Å². The summed E-state index contributed by atoms with van der Waals surface area (Å²) < 4.78 is 4.68. The van der Waals surface area contributed by atoms with Gasteiger partial charge in [-0.15, -0.1) is 0 Å². The van der Waals surface area contributed by atoms with Crippen molar-refractivity contribution in [3.05, 3.63) is 35.5 Å². The third kappa shape index (κ3) is 3.68. The van der Waals surface area contributed by atoms with Crippen molar-refractivity contribution in [2.75, 3.05) is 13.7 Å². The average Bonchev–Trinajstić information content (AvgIpc) is 2.88. The fraction of sp³-hybridized carbons (Fsp3) is 0.267. The highest BCUT2D eigenvalue weighted by Crippen LogP contribution is 2.19. The Hall–Kier alpha value is -2.63. The molecule has 0 aliphatic carbocycles. The minimum Gasteiger partial charge on any atom is -0.465 e. The number of rotatable bonds is 5. The molecule has 1 heterocycles. The minimum absolute atomic E-state index is 0.0380. The zero-order chi connectivity index (χ0) is 15.2. The van der Waals surface area contributed by atoms with Crippen LogP contribution < -0.4 is 5.32 Å². The summed E-state index contributed by atoms with van der Waals surface area (Å²) in [6, 6.07) is 5.25. The number of nitrogens with one attached hydrogen (secondary N) is 2. The van der Waals surface area contributed by atoms with E-state index in [0.29, 0.717) is 12.1 Å². The molecular weight excluding hydrogens is 270 g/mol. The lowest BCUT2D eigenvalue weighted by molar-refractivity contribution is -0.118. The first-order valence-corrected chi connectivity index (χ1v) is 6.59. The van der Waals surface area contributed by atoms with Gasteiger partial charge in [0.25, 0.3) is 0 Å². The fourth-order valence-corrected chi connectivity index (χ4v) is 1.94. The normalized spacial score (nSPS) is 11.0. The summed E-state index contributed by atoms with van der Waals surface area (Å²) in [5.41, 5.74) is 2.05. The van der Waals surface area contributed by atoms with Crippen molar-refractivity contribution in [3.8, 4) is 0 Å². The summed E-state index contributed by atoms with van der Waals surface area (Å²) in [5, 5.41) is 10.7. The molecule has 0 saturated heterocycles. The third-order valence-corrected chi connectivity index (χ3v) is 2.97. The molecule has 21 heavy (non-hydrogen) atoms. The summed E-state index contributed by atoms with van der Waals surface area (Å²) in [4.78, 5) is 22.2. The number of carbonyl (C=O) groups excluding carboxylic acids is 2. The maximum atomic E-state index is 11.5. The van der Waals surface area contributed by atoms with E-state index in [2.05, 4.69) is 20.3 Å². The highest BCUT2D eigenvalue weighted by molar-refractivity contribution is 5.96. The van der Waals surface area contributed by atoms with Crippen molar-refractivity contribution in [1.29, 1.82) is 0 Å². The molecular formula is C15H17N3O3. The third-order valence-electron chi connectivity index (χ3n) is 2.97. The molecule has 1 amide bonds. The van der Waals surface area contributed by atoms with E-state index in [1.807, 2.05) is 18.2 Å². The SMILES string of the molecule is COC(=O)c1ccc2c(C=CCCNC(C)=O)n[nH]c2c1. The lowest BCUT2D eigenvalue weighted by Crippen LogP contribution is -2.20. The number of fused-ring (bicyclic) bond motifs is 1. The number of H-pyrrole nitrogens is 1. The molecule has 0 atom stereocenters. The van der Waals surface area contributed by atoms with Crippen LogP contribution in [0.3, 0.4) is 0 Å². The van der Waals surface area contributed by atoms with Gasteiger partial charge < -0.3 is 10.1 Å². The summed E-state index contributed by atoms with van der Waals surface area (Å²) >= 11 is 0. The van der Waals surface area contributed by atoms with Crippen LogP contribution in [-0.4, -0.2) is 35.7 Å². The Bertz CT molecular complexity index is 689. The highest BCUT2D eigenvalue weighted by Gasteiger charge is 2.08. The van der Waals surface area contributed by atoms with Crippen LogP contribution in [0, 0.1) is 0 Å². The lowest BCUT2D eigenvalue weighted by Gasteiger charge is -1.98. The second kappa shape index (κ2) is 6.69. The van der Waals surface area contributed by atoms with Crippen molar-refractivity contribution in [3.63, 3.8) is 0 Å². The van der Waals surface area contributed by atoms with E-state index in [1.165, 1.54) is 14.0 Å². The van der Waals surface area contributed by atoms with Crippen molar-refractivity contribution in [2.24, 2.45) is 0 Å². The first kappa shape index (κ1) is 14.8. The Morgan fingerprint density at radius 3 is 2.95 bits per heavy atom. The molecule has 2 aromatic rings. The topological polar surface area (TPSA) is 84.1 Å². The van der Waals surface area contributed by atoms with Crippen LogP contribution in [0.15, 0.2) is 24.3 Å². The van der Waals surface area contributed by atoms with Crippen LogP contribution in [0.4, 0.5) is 0 Å². The Morgan fingerprint density at radius 2 is 2.24 bits per heavy atom. The number of carbonyl (C=O) groups is 2. The molecule has 0 saturated carbocycles. The van der Waals surface area contributed by atoms with Gasteiger partial charge in [-0.3, -0.25) is 9.89 Å². The number of ether oxygens (including phenoxy) is 1. The number of nitrogens with zero attached hydrogens (tertiary/aromatic N) is 1. The van der Waals surface area contributed by atoms with Crippen molar-refractivity contribution in [1.82, 2.24) is 15.5 Å². The van der Waals surface area contributed by atoms with Gasteiger partial charge in [-0.1, -0.05) is 6.08 Å². The molecule has 2 rings (SSSR count). The first-order valence-electron chi connectivity index (χ1n) is 6.59. The minimum atomic E-state index is -0.376. The predicted molar refractivity (Wildman–Crippen MR) is 79.8 cm³/mol. The van der Waals surface area contributed by atoms with Crippen LogP contribution in [0.2, 0.25) is 0 Å². The second-order valence-electron chi connectivity index (χ2n) is 4.53. The Morgan fingerprint density at radius 1 is 1.43 bits per heavy atom. The first-order chi connectivity index (χ1) is 10.1. The van der Waals surface area contributed by atoms with Gasteiger partial charge in [0.1, 0.15) is 0 Å². The van der Waals surface area contributed by atoms with Crippen LogP contribution in [0.1, 0.15) is 29.4 Å². The maximum Gasteiger partial charge on any atom is 0.337 e. The molecule has 1 aromatic heterocycles. The summed E-state index contributed by atoms with van der Waals surface area (Å²) in [7, 11) is 1.35. The number of hydrogen-bond donors (Lipinski definition) is 2. The Labute approximate surface area is 122 Å². The summed E-state index contributed by atoms with van der Waals surface area (Å²) in [6.45, 7) is 2.09. The van der Waals surface area contributed by atoms with E-state index in [9.17, 15) is 9.59 Å². The van der Waals surface area contributed by atoms with E-state index in [4.69, 9.17) is 0 Å². The highest BCUT2D eigenvalue weighted by atomic mass is 16.5. The zero-order valence-corrected chi connectivity index (χ0v) is 12.0. The van der Waals surface area contributed by atoms with Gasteiger partial charge in [-0.05, 0) is 30.7 Å². The fourth-order valence-electron chi connectivity index (χ4n) is 1.94. The second-order valence-corrected chi connectivity index (χ2v) is 4.53. The van der Waals surface area contributed by atoms with Gasteiger partial charge in [0.15, 0.2) is 0 Å². The largest absolute Gasteiger partial charge is 0.465 e. The van der Waals surface area contributed by atoms with Crippen molar-refractivity contribution < 1.29 is 14.3 Å². The smallest absolute Gasteiger partial charge is 0.337 e. The number of aromatic amines is 1. The standard InChI is InChI=1S/C15H17N3O3/c1-10(19)16-8-4-3-5-13-12-7-6-11(15(20)21-2)9-14(12)18-17-13/h3,5-7,9H,4,8H2,1-2H3,(H,16,19)(H,17,18). The summed E-state index contributed by atoms with van der Waals surface area (Å²) in [5.74, 6) is -0.414. The zero-order valence-electron chi connectivity index (χ0n) is 12.0. The predicted octanol–water partition coefficient (Wildman–Crippen LogP) is 1.89. The molecule has 1 aromatic carbocycles. The van der Waals surface area contributed by atoms with Crippen LogP contribution in [0.25, 0.3) is 17.0 Å². The summed E-state index contributed by atoms with van der Waals surface area (Å²) in [6.07, 6.45) is 4.56. The molecule has 6 nitrogen and oxygen atoms in total. The van der Waals surface area contributed by atoms with E-state index in [-0.39, 0.29) is 11.9 Å². The van der Waals surface area contributed by atoms with Gasteiger partial charge >= 0.3 is 5.97 Å². The van der Waals surface area contributed by atoms with Crippen LogP contribution in [0.5, 0.6) is 0 Å². The van der Waals surface area contributed by atoms with Gasteiger partial charge in [0, 0.05) is 18.9 Å². The Kier molecular flexibility index (Phi) is 4.71. The van der Waals surface area contributed by atoms with E-state index in [1.54, 1.807) is 12.1 Å². The lowest BCUT2D eigenvalue weighted by atomic mass is 10.1. The average molecular weight is 287 g/mol. The molecule has 0 aliphatic heterocycles. The van der Waals surface area contributed by atoms with Gasteiger partial charge in [-0.2, -0.15) is 5.10 Å². The van der Waals surface area contributed by atoms with Gasteiger partial charge in [0.05, 0.1) is 23.9 Å². The molecule has 0 spiro atoms. The maximum absolute atomic E-state index is 11.5.